The van der Waals surface area contributed by atoms with Gasteiger partial charge in [-0.2, -0.15) is 0 Å². The Morgan fingerprint density at radius 2 is 0.539 bits per heavy atom. The maximum atomic E-state index is 19.6. The number of methoxy groups -OCH3 is 4. The summed E-state index contributed by atoms with van der Waals surface area (Å²) in [7, 11) is 0.267. The van der Waals surface area contributed by atoms with Gasteiger partial charge in [-0.05, 0) is 104 Å². The summed E-state index contributed by atoms with van der Waals surface area (Å²) in [5, 5.41) is 0. The highest BCUT2D eigenvalue weighted by atomic mass is 28.3. The third kappa shape index (κ3) is 8.63. The molecule has 0 aliphatic heterocycles. The van der Waals surface area contributed by atoms with E-state index in [9.17, 15) is 0 Å². The Balaban J connectivity index is 1.94. The molecule has 4 nitrogen and oxygen atoms in total. The zero-order chi connectivity index (χ0) is 56.0. The fourth-order valence-electron chi connectivity index (χ4n) is 13.4. The van der Waals surface area contributed by atoms with Crippen LogP contribution in [0.4, 0.5) is 26.3 Å². The van der Waals surface area contributed by atoms with Crippen molar-refractivity contribution < 1.29 is 45.3 Å². The van der Waals surface area contributed by atoms with E-state index in [2.05, 4.69) is 22.9 Å². The van der Waals surface area contributed by atoms with Gasteiger partial charge in [0.1, 0.15) is 50.8 Å². The fourth-order valence-corrected chi connectivity index (χ4v) is 23.9. The van der Waals surface area contributed by atoms with Crippen LogP contribution in [0.1, 0.15) is 128 Å². The molecule has 1 aliphatic rings. The van der Waals surface area contributed by atoms with E-state index in [1.165, 1.54) is 28.4 Å². The van der Waals surface area contributed by atoms with Crippen molar-refractivity contribution in [1.82, 2.24) is 0 Å². The number of rotatable bonds is 14. The molecule has 12 heteroatoms. The van der Waals surface area contributed by atoms with Crippen molar-refractivity contribution in [1.29, 1.82) is 0 Å². The Bertz CT molecular complexity index is 2880. The molecular weight excluding hydrogens is 1000 g/mol. The monoisotopic (exact) mass is 1070 g/mol. The lowest BCUT2D eigenvalue weighted by Crippen LogP contribution is -2.56. The van der Waals surface area contributed by atoms with Crippen molar-refractivity contribution in [2.75, 3.05) is 28.4 Å². The first-order valence-corrected chi connectivity index (χ1v) is 30.5. The minimum Gasteiger partial charge on any atom is -0.497 e. The summed E-state index contributed by atoms with van der Waals surface area (Å²) in [5.41, 5.74) is -2.06. The van der Waals surface area contributed by atoms with Crippen molar-refractivity contribution in [3.05, 3.63) is 176 Å². The minimum absolute atomic E-state index is 0.00253. The molecular formula is C64H70F6O4Si2. The average molecular weight is 1070 g/mol. The Hall–Kier alpha value is -6.35. The molecule has 0 saturated heterocycles. The van der Waals surface area contributed by atoms with E-state index in [4.69, 9.17) is 18.9 Å². The fraction of sp³-hybridized carbons (Fsp3) is 0.375. The molecule has 0 bridgehead atoms. The van der Waals surface area contributed by atoms with E-state index in [1.54, 1.807) is 97.1 Å². The highest BCUT2D eigenvalue weighted by Gasteiger charge is 2.65. The molecule has 0 amide bonds. The van der Waals surface area contributed by atoms with Crippen molar-refractivity contribution in [3.63, 3.8) is 0 Å². The van der Waals surface area contributed by atoms with Crippen LogP contribution >= 0.6 is 0 Å². The molecule has 7 rings (SSSR count). The molecule has 6 aromatic rings. The van der Waals surface area contributed by atoms with Gasteiger partial charge in [0.25, 0.3) is 0 Å². The summed E-state index contributed by atoms with van der Waals surface area (Å²) in [4.78, 5) is 0. The van der Waals surface area contributed by atoms with Crippen LogP contribution < -0.4 is 18.9 Å². The second-order valence-electron chi connectivity index (χ2n) is 21.8. The molecule has 0 fully saturated rings. The second kappa shape index (κ2) is 21.9. The number of halogens is 6. The highest BCUT2D eigenvalue weighted by molar-refractivity contribution is 6.91. The van der Waals surface area contributed by atoms with Gasteiger partial charge in [0, 0.05) is 22.3 Å². The van der Waals surface area contributed by atoms with Gasteiger partial charge in [-0.3, -0.25) is 0 Å². The second-order valence-corrected chi connectivity index (χ2v) is 33.0. The molecule has 1 aliphatic carbocycles. The summed E-state index contributed by atoms with van der Waals surface area (Å²) in [6.45, 7) is 24.4. The van der Waals surface area contributed by atoms with Crippen LogP contribution in [0.15, 0.2) is 97.1 Å². The van der Waals surface area contributed by atoms with Gasteiger partial charge < -0.3 is 18.9 Å². The van der Waals surface area contributed by atoms with E-state index < -0.39 is 95.3 Å². The Kier molecular flexibility index (Phi) is 16.6. The Labute approximate surface area is 448 Å². The van der Waals surface area contributed by atoms with Gasteiger partial charge in [0.15, 0.2) is 23.3 Å². The predicted octanol–water partition coefficient (Wildman–Crippen LogP) is 17.0. The van der Waals surface area contributed by atoms with E-state index in [-0.39, 0.29) is 55.5 Å². The van der Waals surface area contributed by atoms with Gasteiger partial charge in [-0.25, -0.2) is 26.3 Å². The van der Waals surface area contributed by atoms with Gasteiger partial charge in [0.2, 0.25) is 0 Å². The first-order chi connectivity index (χ1) is 36.0. The maximum absolute atomic E-state index is 19.6. The molecule has 0 spiro atoms. The van der Waals surface area contributed by atoms with E-state index in [0.717, 1.165) is 0 Å². The lowest BCUT2D eigenvalue weighted by Gasteiger charge is -2.57. The van der Waals surface area contributed by atoms with Crippen LogP contribution in [0.3, 0.4) is 0 Å². The molecule has 0 atom stereocenters. The molecule has 400 valence electrons. The molecule has 0 unspecified atom stereocenters. The zero-order valence-electron chi connectivity index (χ0n) is 46.6. The number of hydrogen-bond donors (Lipinski definition) is 0. The zero-order valence-corrected chi connectivity index (χ0v) is 48.6. The maximum Gasteiger partial charge on any atom is 0.178 e. The highest BCUT2D eigenvalue weighted by Crippen LogP contribution is 2.68. The van der Waals surface area contributed by atoms with Crippen molar-refractivity contribution >= 4 is 16.1 Å². The number of hydrogen-bond acceptors (Lipinski definition) is 4. The molecule has 76 heavy (non-hydrogen) atoms. The van der Waals surface area contributed by atoms with Crippen LogP contribution in [0.5, 0.6) is 23.0 Å². The Morgan fingerprint density at radius 3 is 0.724 bits per heavy atom. The lowest BCUT2D eigenvalue weighted by molar-refractivity contribution is 0.363. The number of fused-ring (bicyclic) bond motifs is 3. The lowest BCUT2D eigenvalue weighted by atomic mass is 9.43. The minimum atomic E-state index is -2.81. The average Bonchev–Trinajstić information content (AvgIpc) is 3.30. The topological polar surface area (TPSA) is 36.9 Å². The third-order valence-corrected chi connectivity index (χ3v) is 29.4. The standard InChI is InChI=1S/C64H70F6O4Si2/c1-37(2)75(38(3)4,39(5)6)35-33-51-57(65)55-53(61(69)59(51)67)54-56(58(66)52(60(68)62(54)70)34-36-76(40(7)8,41(9)10)42(11)12)64(45-21-29-49(73-15)30-22-45,46-23-31-50(74-16)32-24-46)63(55,43-17-25-47(71-13)26-18-43)44-19-27-48(72-14)28-20-44/h17-32,37-42H,1-16H3. The normalized spacial score (nSPS) is 13.8. The van der Waals surface area contributed by atoms with Crippen LogP contribution in [-0.4, -0.2) is 44.6 Å². The molecule has 0 aromatic heterocycles. The van der Waals surface area contributed by atoms with Gasteiger partial charge in [0.05, 0.1) is 50.4 Å². The van der Waals surface area contributed by atoms with E-state index >= 15 is 26.3 Å². The van der Waals surface area contributed by atoms with Crippen LogP contribution in [0.25, 0.3) is 11.1 Å². The van der Waals surface area contributed by atoms with Crippen LogP contribution in [0, 0.1) is 57.8 Å². The third-order valence-electron chi connectivity index (χ3n) is 16.8. The van der Waals surface area contributed by atoms with Gasteiger partial charge in [-0.1, -0.05) is 143 Å². The Morgan fingerprint density at radius 1 is 0.329 bits per heavy atom. The molecule has 0 radical (unpaired) electrons. The first-order valence-electron chi connectivity index (χ1n) is 26.0. The SMILES string of the molecule is COc1ccc(C2(c3ccc(OC)cc3)c3c(F)c(C#C[Si](C(C)C)(C(C)C)C(C)C)c(F)c(F)c3-c3c(F)c(F)c(C#C[Si](C(C)C)(C(C)C)C(C)C)c(F)c3C2(c2ccc(OC)cc2)c2ccc(OC)cc2)cc1. The summed E-state index contributed by atoms with van der Waals surface area (Å²) >= 11 is 0. The summed E-state index contributed by atoms with van der Waals surface area (Å²) in [5.74, 6) is -2.29. The smallest absolute Gasteiger partial charge is 0.178 e. The van der Waals surface area contributed by atoms with Gasteiger partial charge in [-0.15, -0.1) is 11.1 Å². The molecule has 6 aromatic carbocycles. The predicted molar refractivity (Wildman–Crippen MR) is 299 cm³/mol. The first kappa shape index (κ1) is 57.4. The molecule has 0 saturated carbocycles. The molecule has 0 heterocycles. The summed E-state index contributed by atoms with van der Waals surface area (Å²) < 4.78 is 135. The summed E-state index contributed by atoms with van der Waals surface area (Å²) in [6.07, 6.45) is 0. The van der Waals surface area contributed by atoms with E-state index in [1.807, 2.05) is 83.1 Å². The van der Waals surface area contributed by atoms with Crippen molar-refractivity contribution in [2.45, 2.75) is 127 Å². The van der Waals surface area contributed by atoms with Crippen molar-refractivity contribution in [3.8, 4) is 57.1 Å². The van der Waals surface area contributed by atoms with E-state index in [0.29, 0.717) is 23.0 Å². The molecule has 0 N–H and O–H groups in total. The number of ether oxygens (including phenoxy) is 4. The number of benzene rings is 6. The van der Waals surface area contributed by atoms with Crippen molar-refractivity contribution in [2.24, 2.45) is 0 Å². The summed E-state index contributed by atoms with van der Waals surface area (Å²) in [6, 6.07) is 26.2. The largest absolute Gasteiger partial charge is 0.497 e. The van der Waals surface area contributed by atoms with Gasteiger partial charge >= 0.3 is 0 Å². The quantitative estimate of drug-likeness (QED) is 0.0471. The van der Waals surface area contributed by atoms with Crippen LogP contribution in [0.2, 0.25) is 33.2 Å². The van der Waals surface area contributed by atoms with Crippen LogP contribution in [-0.2, 0) is 10.8 Å².